The molecule has 10 heteroatoms. The number of carbonyl (C=O) groups is 2. The van der Waals surface area contributed by atoms with E-state index in [9.17, 15) is 9.59 Å². The SMILES string of the molecule is CO[C@@H]1C[C@H]2CSC(N(C(=O)OC(C)(C)C)C(=O)OC(C)(C)C)=NC2(c2cc(Br)ccc2F)C1. The van der Waals surface area contributed by atoms with Crippen LogP contribution >= 0.6 is 27.7 Å². The summed E-state index contributed by atoms with van der Waals surface area (Å²) in [5.74, 6) is 0.0717. The Hall–Kier alpha value is -1.65. The molecule has 34 heavy (non-hydrogen) atoms. The minimum absolute atomic E-state index is 0.0471. The monoisotopic (exact) mass is 558 g/mol. The molecule has 1 aromatic carbocycles. The number of aliphatic imine (C=N–C) groups is 1. The van der Waals surface area contributed by atoms with E-state index in [1.807, 2.05) is 0 Å². The third kappa shape index (κ3) is 5.94. The van der Waals surface area contributed by atoms with Crippen LogP contribution in [0.3, 0.4) is 0 Å². The molecule has 1 aliphatic carbocycles. The van der Waals surface area contributed by atoms with E-state index in [2.05, 4.69) is 15.9 Å². The van der Waals surface area contributed by atoms with Gasteiger partial charge in [-0.2, -0.15) is 4.90 Å². The largest absolute Gasteiger partial charge is 0.443 e. The lowest BCUT2D eigenvalue weighted by atomic mass is 9.81. The molecule has 3 atom stereocenters. The Balaban J connectivity index is 2.14. The summed E-state index contributed by atoms with van der Waals surface area (Å²) in [6.45, 7) is 10.3. The van der Waals surface area contributed by atoms with Crippen molar-refractivity contribution in [1.29, 1.82) is 0 Å². The van der Waals surface area contributed by atoms with Crippen LogP contribution in [-0.2, 0) is 19.7 Å². The molecule has 0 spiro atoms. The van der Waals surface area contributed by atoms with Gasteiger partial charge in [-0.1, -0.05) is 27.7 Å². The molecule has 1 aliphatic heterocycles. The van der Waals surface area contributed by atoms with E-state index in [0.29, 0.717) is 28.6 Å². The van der Waals surface area contributed by atoms with Gasteiger partial charge in [0.05, 0.1) is 11.6 Å². The number of halogens is 2. The van der Waals surface area contributed by atoms with E-state index in [1.54, 1.807) is 60.8 Å². The van der Waals surface area contributed by atoms with E-state index in [1.165, 1.54) is 17.8 Å². The van der Waals surface area contributed by atoms with Gasteiger partial charge in [0.15, 0.2) is 5.17 Å². The molecule has 0 bridgehead atoms. The van der Waals surface area contributed by atoms with Gasteiger partial charge in [-0.15, -0.1) is 0 Å². The molecule has 0 radical (unpaired) electrons. The fraction of sp³-hybridized carbons (Fsp3) is 0.625. The van der Waals surface area contributed by atoms with Crippen LogP contribution in [0.1, 0.15) is 59.9 Å². The summed E-state index contributed by atoms with van der Waals surface area (Å²) in [6, 6.07) is 4.73. The van der Waals surface area contributed by atoms with Gasteiger partial charge in [0.1, 0.15) is 17.0 Å². The summed E-state index contributed by atoms with van der Waals surface area (Å²) >= 11 is 4.69. The summed E-state index contributed by atoms with van der Waals surface area (Å²) in [5.41, 5.74) is -2.29. The standard InChI is InChI=1S/C24H32BrFN2O5S/c1-22(2,3)32-20(29)28(21(30)33-23(4,5)6)19-27-24(17-11-15(25)8-9-18(17)26)12-16(31-7)10-14(24)13-34-19/h8-9,11,14,16H,10,12-13H2,1-7H3/t14-,16+,24?/m0/s1. The third-order valence-corrected chi connectivity index (χ3v) is 7.14. The van der Waals surface area contributed by atoms with Crippen molar-refractivity contribution < 1.29 is 28.2 Å². The topological polar surface area (TPSA) is 77.4 Å². The maximum absolute atomic E-state index is 15.2. The Kier molecular flexibility index (Phi) is 7.75. The predicted octanol–water partition coefficient (Wildman–Crippen LogP) is 6.48. The summed E-state index contributed by atoms with van der Waals surface area (Å²) in [7, 11) is 1.62. The smallest absolute Gasteiger partial charge is 0.426 e. The molecule has 2 amide bonds. The molecule has 0 N–H and O–H groups in total. The molecule has 7 nitrogen and oxygen atoms in total. The van der Waals surface area contributed by atoms with Crippen molar-refractivity contribution in [3.63, 3.8) is 0 Å². The first-order valence-corrected chi connectivity index (χ1v) is 12.9. The number of nitrogens with zero attached hydrogens (tertiary/aromatic N) is 2. The van der Waals surface area contributed by atoms with E-state index < -0.39 is 34.7 Å². The number of hydrogen-bond donors (Lipinski definition) is 0. The third-order valence-electron chi connectivity index (χ3n) is 5.54. The number of rotatable bonds is 2. The lowest BCUT2D eigenvalue weighted by molar-refractivity contribution is 0.0150. The molecular weight excluding hydrogens is 527 g/mol. The molecule has 0 aromatic heterocycles. The number of ether oxygens (including phenoxy) is 3. The van der Waals surface area contributed by atoms with Crippen LogP contribution in [0, 0.1) is 11.7 Å². The van der Waals surface area contributed by atoms with Gasteiger partial charge < -0.3 is 14.2 Å². The number of benzene rings is 1. The van der Waals surface area contributed by atoms with Crippen molar-refractivity contribution in [2.45, 2.75) is 77.2 Å². The number of hydrogen-bond acceptors (Lipinski definition) is 7. The first kappa shape index (κ1) is 26.9. The van der Waals surface area contributed by atoms with Crippen LogP contribution in [0.5, 0.6) is 0 Å². The molecule has 2 aliphatic rings. The van der Waals surface area contributed by atoms with E-state index in [0.717, 1.165) is 4.90 Å². The van der Waals surface area contributed by atoms with Gasteiger partial charge in [-0.25, -0.2) is 19.0 Å². The number of methoxy groups -OCH3 is 1. The van der Waals surface area contributed by atoms with Gasteiger partial charge in [-0.3, -0.25) is 0 Å². The van der Waals surface area contributed by atoms with Crippen LogP contribution in [0.25, 0.3) is 0 Å². The summed E-state index contributed by atoms with van der Waals surface area (Å²) in [5, 5.41) is 0.121. The molecule has 1 fully saturated rings. The lowest BCUT2D eigenvalue weighted by Gasteiger charge is -2.38. The van der Waals surface area contributed by atoms with E-state index in [4.69, 9.17) is 19.2 Å². The quantitative estimate of drug-likeness (QED) is 0.413. The van der Waals surface area contributed by atoms with Crippen molar-refractivity contribution in [2.75, 3.05) is 12.9 Å². The predicted molar refractivity (Wildman–Crippen MR) is 133 cm³/mol. The van der Waals surface area contributed by atoms with Crippen molar-refractivity contribution in [1.82, 2.24) is 4.90 Å². The second-order valence-corrected chi connectivity index (χ2v) is 12.4. The fourth-order valence-electron chi connectivity index (χ4n) is 4.19. The average Bonchev–Trinajstić information content (AvgIpc) is 3.06. The zero-order chi connectivity index (χ0) is 25.5. The lowest BCUT2D eigenvalue weighted by Crippen LogP contribution is -2.49. The zero-order valence-corrected chi connectivity index (χ0v) is 23.0. The molecule has 1 heterocycles. The first-order chi connectivity index (χ1) is 15.6. The van der Waals surface area contributed by atoms with Gasteiger partial charge in [0.2, 0.25) is 0 Å². The molecule has 1 aromatic rings. The van der Waals surface area contributed by atoms with Gasteiger partial charge in [0, 0.05) is 35.2 Å². The van der Waals surface area contributed by atoms with Crippen molar-refractivity contribution in [2.24, 2.45) is 10.9 Å². The van der Waals surface area contributed by atoms with Crippen LogP contribution < -0.4 is 0 Å². The van der Waals surface area contributed by atoms with Gasteiger partial charge in [-0.05, 0) is 66.2 Å². The number of imide groups is 1. The van der Waals surface area contributed by atoms with Gasteiger partial charge in [0.25, 0.3) is 0 Å². The summed E-state index contributed by atoms with van der Waals surface area (Å²) in [6.07, 6.45) is -0.813. The first-order valence-electron chi connectivity index (χ1n) is 11.1. The van der Waals surface area contributed by atoms with E-state index in [-0.39, 0.29) is 17.2 Å². The Morgan fingerprint density at radius 2 is 1.74 bits per heavy atom. The minimum Gasteiger partial charge on any atom is -0.443 e. The van der Waals surface area contributed by atoms with Crippen molar-refractivity contribution in [3.05, 3.63) is 34.1 Å². The number of fused-ring (bicyclic) bond motifs is 1. The normalized spacial score (nSPS) is 24.8. The molecule has 0 saturated heterocycles. The minimum atomic E-state index is -1.00. The number of thioether (sulfide) groups is 1. The second-order valence-electron chi connectivity index (χ2n) is 10.5. The van der Waals surface area contributed by atoms with Crippen LogP contribution in [-0.4, -0.2) is 52.4 Å². The Morgan fingerprint density at radius 3 is 2.26 bits per heavy atom. The Bertz CT molecular complexity index is 963. The zero-order valence-electron chi connectivity index (χ0n) is 20.6. The highest BCUT2D eigenvalue weighted by atomic mass is 79.9. The highest BCUT2D eigenvalue weighted by Crippen LogP contribution is 2.53. The average molecular weight is 559 g/mol. The van der Waals surface area contributed by atoms with Crippen molar-refractivity contribution >= 4 is 45.0 Å². The molecule has 188 valence electrons. The fourth-order valence-corrected chi connectivity index (χ4v) is 5.82. The summed E-state index contributed by atoms with van der Waals surface area (Å²) < 4.78 is 32.5. The summed E-state index contributed by atoms with van der Waals surface area (Å²) in [4.78, 5) is 32.1. The molecule has 3 rings (SSSR count). The number of carbonyl (C=O) groups excluding carboxylic acids is 2. The van der Waals surface area contributed by atoms with Crippen LogP contribution in [0.2, 0.25) is 0 Å². The van der Waals surface area contributed by atoms with Crippen LogP contribution in [0.4, 0.5) is 14.0 Å². The molecule has 1 unspecified atom stereocenters. The Labute approximate surface area is 212 Å². The molecular formula is C24H32BrFN2O5S. The maximum Gasteiger partial charge on any atom is 0.426 e. The number of amides is 2. The highest BCUT2D eigenvalue weighted by Gasteiger charge is 2.54. The maximum atomic E-state index is 15.2. The van der Waals surface area contributed by atoms with Crippen molar-refractivity contribution in [3.8, 4) is 0 Å². The highest BCUT2D eigenvalue weighted by molar-refractivity contribution is 9.10. The second kappa shape index (κ2) is 9.78. The molecule has 1 saturated carbocycles. The number of amidine groups is 1. The van der Waals surface area contributed by atoms with Gasteiger partial charge >= 0.3 is 12.2 Å². The van der Waals surface area contributed by atoms with Crippen LogP contribution in [0.15, 0.2) is 27.7 Å². The van der Waals surface area contributed by atoms with E-state index >= 15 is 4.39 Å². The Morgan fingerprint density at radius 1 is 1.15 bits per heavy atom.